The van der Waals surface area contributed by atoms with Crippen molar-refractivity contribution in [2.75, 3.05) is 18.9 Å². The lowest BCUT2D eigenvalue weighted by atomic mass is 9.87. The maximum Gasteiger partial charge on any atom is 0.238 e. The highest BCUT2D eigenvalue weighted by Gasteiger charge is 2.14. The number of carbonyl (C=O) groups is 1. The average Bonchev–Trinajstić information content (AvgIpc) is 2.53. The normalized spacial score (nSPS) is 12.2. The summed E-state index contributed by atoms with van der Waals surface area (Å²) in [4.78, 5) is 14.1. The molecule has 0 fully saturated rings. The van der Waals surface area contributed by atoms with Crippen LogP contribution >= 0.6 is 0 Å². The van der Waals surface area contributed by atoms with Crippen LogP contribution in [0.2, 0.25) is 0 Å². The van der Waals surface area contributed by atoms with Gasteiger partial charge < -0.3 is 5.32 Å². The Morgan fingerprint density at radius 1 is 1.11 bits per heavy atom. The Kier molecular flexibility index (Phi) is 6.41. The Balaban J connectivity index is 1.94. The maximum absolute atomic E-state index is 12.2. The molecule has 2 rings (SSSR count). The number of nitrogens with two attached hydrogens (primary N) is 1. The Bertz CT molecular complexity index is 901. The van der Waals surface area contributed by atoms with Gasteiger partial charge in [-0.2, -0.15) is 0 Å². The van der Waals surface area contributed by atoms with Crippen molar-refractivity contribution < 1.29 is 13.2 Å². The van der Waals surface area contributed by atoms with Crippen LogP contribution in [0.15, 0.2) is 53.4 Å². The fraction of sp³-hybridized carbons (Fsp3) is 0.350. The minimum atomic E-state index is -3.80. The van der Waals surface area contributed by atoms with Gasteiger partial charge in [-0.3, -0.25) is 9.69 Å². The molecule has 7 heteroatoms. The second-order valence-electron chi connectivity index (χ2n) is 7.74. The second-order valence-corrected chi connectivity index (χ2v) is 9.30. The molecule has 2 aromatic carbocycles. The van der Waals surface area contributed by atoms with Gasteiger partial charge in [0.15, 0.2) is 0 Å². The molecule has 6 nitrogen and oxygen atoms in total. The van der Waals surface area contributed by atoms with Crippen molar-refractivity contribution in [1.29, 1.82) is 0 Å². The third-order valence-electron chi connectivity index (χ3n) is 4.13. The summed E-state index contributed by atoms with van der Waals surface area (Å²) in [5.74, 6) is -0.226. The van der Waals surface area contributed by atoms with E-state index in [9.17, 15) is 13.2 Å². The number of hydrogen-bond acceptors (Lipinski definition) is 4. The van der Waals surface area contributed by atoms with Crippen molar-refractivity contribution in [2.24, 2.45) is 5.14 Å². The molecule has 0 aliphatic heterocycles. The Morgan fingerprint density at radius 2 is 1.74 bits per heavy atom. The number of amides is 1. The molecule has 0 heterocycles. The van der Waals surface area contributed by atoms with Gasteiger partial charge in [-0.15, -0.1) is 0 Å². The number of primary sulfonamides is 1. The average molecular weight is 390 g/mol. The van der Waals surface area contributed by atoms with Crippen LogP contribution in [0, 0.1) is 0 Å². The smallest absolute Gasteiger partial charge is 0.238 e. The minimum Gasteiger partial charge on any atom is -0.325 e. The van der Waals surface area contributed by atoms with Gasteiger partial charge in [-0.05, 0) is 41.8 Å². The van der Waals surface area contributed by atoms with E-state index in [1.807, 2.05) is 11.9 Å². The zero-order valence-corrected chi connectivity index (χ0v) is 17.0. The van der Waals surface area contributed by atoms with Crippen molar-refractivity contribution in [3.05, 3.63) is 59.7 Å². The molecule has 27 heavy (non-hydrogen) atoms. The van der Waals surface area contributed by atoms with Gasteiger partial charge >= 0.3 is 0 Å². The number of nitrogens with one attached hydrogen (secondary N) is 1. The molecule has 2 aromatic rings. The summed E-state index contributed by atoms with van der Waals surface area (Å²) >= 11 is 0. The highest BCUT2D eigenvalue weighted by Crippen LogP contribution is 2.22. The molecule has 0 aromatic heterocycles. The lowest BCUT2D eigenvalue weighted by Crippen LogP contribution is -2.30. The molecule has 0 saturated heterocycles. The van der Waals surface area contributed by atoms with E-state index in [1.54, 1.807) is 6.07 Å². The molecule has 0 aliphatic rings. The van der Waals surface area contributed by atoms with Gasteiger partial charge in [0, 0.05) is 12.2 Å². The number of anilines is 1. The van der Waals surface area contributed by atoms with E-state index in [0.717, 1.165) is 5.56 Å². The van der Waals surface area contributed by atoms with Crippen molar-refractivity contribution >= 4 is 21.6 Å². The predicted octanol–water partition coefficient (Wildman–Crippen LogP) is 2.70. The Morgan fingerprint density at radius 3 is 2.30 bits per heavy atom. The first-order chi connectivity index (χ1) is 12.4. The Labute approximate surface area is 161 Å². The van der Waals surface area contributed by atoms with Gasteiger partial charge in [0.25, 0.3) is 0 Å². The highest BCUT2D eigenvalue weighted by atomic mass is 32.2. The summed E-state index contributed by atoms with van der Waals surface area (Å²) in [5.41, 5.74) is 2.89. The quantitative estimate of drug-likeness (QED) is 0.794. The molecule has 0 spiro atoms. The van der Waals surface area contributed by atoms with Crippen LogP contribution in [0.3, 0.4) is 0 Å². The van der Waals surface area contributed by atoms with Crippen LogP contribution in [-0.2, 0) is 26.8 Å². The number of likely N-dealkylation sites (N-methyl/N-ethyl adjacent to an activating group) is 1. The fourth-order valence-electron chi connectivity index (χ4n) is 2.67. The molecule has 0 unspecified atom stereocenters. The molecule has 3 N–H and O–H groups in total. The molecular weight excluding hydrogens is 362 g/mol. The van der Waals surface area contributed by atoms with E-state index in [-0.39, 0.29) is 22.8 Å². The summed E-state index contributed by atoms with van der Waals surface area (Å²) in [6.07, 6.45) is 0. The lowest BCUT2D eigenvalue weighted by molar-refractivity contribution is -0.117. The molecular formula is C20H27N3O3S. The summed E-state index contributed by atoms with van der Waals surface area (Å²) < 4.78 is 22.8. The number of benzene rings is 2. The molecule has 0 radical (unpaired) electrons. The van der Waals surface area contributed by atoms with E-state index in [1.165, 1.54) is 23.8 Å². The van der Waals surface area contributed by atoms with Crippen LogP contribution in [0.25, 0.3) is 0 Å². The van der Waals surface area contributed by atoms with Crippen molar-refractivity contribution in [1.82, 2.24) is 4.90 Å². The van der Waals surface area contributed by atoms with Crippen LogP contribution in [0.4, 0.5) is 5.69 Å². The highest BCUT2D eigenvalue weighted by molar-refractivity contribution is 7.89. The fourth-order valence-corrected chi connectivity index (χ4v) is 3.23. The van der Waals surface area contributed by atoms with Gasteiger partial charge in [-0.25, -0.2) is 13.6 Å². The van der Waals surface area contributed by atoms with Crippen molar-refractivity contribution in [3.8, 4) is 0 Å². The zero-order valence-electron chi connectivity index (χ0n) is 16.2. The van der Waals surface area contributed by atoms with Crippen molar-refractivity contribution in [3.63, 3.8) is 0 Å². The summed E-state index contributed by atoms with van der Waals surface area (Å²) in [5, 5.41) is 7.81. The number of rotatable bonds is 6. The number of hydrogen-bond donors (Lipinski definition) is 2. The Hall–Kier alpha value is -2.22. The number of carbonyl (C=O) groups excluding carboxylic acids is 1. The standard InChI is InChI=1S/C20H27N3O3S/c1-20(2,3)16-10-8-15(9-11-16)13-23(4)14-19(24)22-17-6-5-7-18(12-17)27(21,25)26/h5-12H,13-14H2,1-4H3,(H,22,24)(H2,21,25,26). The lowest BCUT2D eigenvalue weighted by Gasteiger charge is -2.20. The third-order valence-corrected chi connectivity index (χ3v) is 5.04. The zero-order chi connectivity index (χ0) is 20.2. The van der Waals surface area contributed by atoms with Gasteiger partial charge in [0.2, 0.25) is 15.9 Å². The van der Waals surface area contributed by atoms with Gasteiger partial charge in [0.05, 0.1) is 11.4 Å². The summed E-state index contributed by atoms with van der Waals surface area (Å²) in [6.45, 7) is 7.33. The van der Waals surface area contributed by atoms with E-state index < -0.39 is 10.0 Å². The van der Waals surface area contributed by atoms with E-state index in [2.05, 4.69) is 50.4 Å². The molecule has 0 aliphatic carbocycles. The minimum absolute atomic E-state index is 0.0346. The largest absolute Gasteiger partial charge is 0.325 e. The van der Waals surface area contributed by atoms with Gasteiger partial charge in [0.1, 0.15) is 0 Å². The van der Waals surface area contributed by atoms with Crippen molar-refractivity contribution in [2.45, 2.75) is 37.6 Å². The van der Waals surface area contributed by atoms with Crippen LogP contribution in [-0.4, -0.2) is 32.8 Å². The SMILES string of the molecule is CN(CC(=O)Nc1cccc(S(N)(=O)=O)c1)Cc1ccc(C(C)(C)C)cc1. The predicted molar refractivity (Wildman–Crippen MR) is 108 cm³/mol. The number of nitrogens with zero attached hydrogens (tertiary/aromatic N) is 1. The van der Waals surface area contributed by atoms with Gasteiger partial charge in [-0.1, -0.05) is 51.1 Å². The van der Waals surface area contributed by atoms with E-state index >= 15 is 0 Å². The summed E-state index contributed by atoms with van der Waals surface area (Å²) in [7, 11) is -1.94. The van der Waals surface area contributed by atoms with Crippen LogP contribution in [0.1, 0.15) is 31.9 Å². The maximum atomic E-state index is 12.2. The molecule has 0 bridgehead atoms. The third kappa shape index (κ3) is 6.46. The first-order valence-electron chi connectivity index (χ1n) is 8.66. The molecule has 0 atom stereocenters. The molecule has 0 saturated carbocycles. The first-order valence-corrected chi connectivity index (χ1v) is 10.2. The summed E-state index contributed by atoms with van der Waals surface area (Å²) in [6, 6.07) is 14.3. The van der Waals surface area contributed by atoms with Crippen LogP contribution in [0.5, 0.6) is 0 Å². The first kappa shape index (κ1) is 21.1. The van der Waals surface area contributed by atoms with Crippen LogP contribution < -0.4 is 10.5 Å². The monoisotopic (exact) mass is 389 g/mol. The second kappa shape index (κ2) is 8.21. The van der Waals surface area contributed by atoms with E-state index in [4.69, 9.17) is 5.14 Å². The molecule has 146 valence electrons. The molecule has 1 amide bonds. The topological polar surface area (TPSA) is 92.5 Å². The number of sulfonamides is 1. The van der Waals surface area contributed by atoms with E-state index in [0.29, 0.717) is 12.2 Å².